The Morgan fingerprint density at radius 1 is 1.00 bits per heavy atom. The predicted molar refractivity (Wildman–Crippen MR) is 163 cm³/mol. The fourth-order valence-corrected chi connectivity index (χ4v) is 4.86. The van der Waals surface area contributed by atoms with Crippen molar-refractivity contribution in [3.8, 4) is 22.9 Å². The van der Waals surface area contributed by atoms with Crippen molar-refractivity contribution in [1.82, 2.24) is 9.97 Å². The van der Waals surface area contributed by atoms with Crippen LogP contribution in [-0.2, 0) is 43.1 Å². The fraction of sp³-hybridized carbons (Fsp3) is 0.438. The monoisotopic (exact) mass is 594 g/mol. The molecule has 226 valence electrons. The van der Waals surface area contributed by atoms with E-state index in [1.165, 1.54) is 6.92 Å². The van der Waals surface area contributed by atoms with Crippen LogP contribution in [0.5, 0.6) is 11.5 Å². The van der Waals surface area contributed by atoms with Crippen LogP contribution in [0.25, 0.3) is 11.4 Å². The quantitative estimate of drug-likeness (QED) is 0.167. The third kappa shape index (κ3) is 8.87. The number of aromatic nitrogens is 2. The molecule has 0 saturated heterocycles. The SMILES string of the molecule is CCOC(=O)[C@@H](Cc1cc(CO[Si](C)(C)C(C)(C)C)ccc1OCc1ccnc(-c2ccccc2OC)n1)OC(C)=O. The van der Waals surface area contributed by atoms with Gasteiger partial charge in [-0.15, -0.1) is 0 Å². The maximum Gasteiger partial charge on any atom is 0.347 e. The van der Waals surface area contributed by atoms with E-state index < -0.39 is 26.4 Å². The van der Waals surface area contributed by atoms with E-state index in [9.17, 15) is 9.59 Å². The summed E-state index contributed by atoms with van der Waals surface area (Å²) in [5.41, 5.74) is 3.04. The number of carbonyl (C=O) groups is 2. The molecule has 0 bridgehead atoms. The van der Waals surface area contributed by atoms with E-state index in [-0.39, 0.29) is 24.7 Å². The lowest BCUT2D eigenvalue weighted by Crippen LogP contribution is -2.40. The molecular weight excluding hydrogens is 552 g/mol. The van der Waals surface area contributed by atoms with Crippen LogP contribution in [0.3, 0.4) is 0 Å². The summed E-state index contributed by atoms with van der Waals surface area (Å²) in [4.78, 5) is 33.6. The lowest BCUT2D eigenvalue weighted by molar-refractivity contribution is -0.166. The van der Waals surface area contributed by atoms with Crippen LogP contribution in [0, 0.1) is 0 Å². The minimum absolute atomic E-state index is 0.0589. The molecule has 0 aliphatic carbocycles. The predicted octanol–water partition coefficient (Wildman–Crippen LogP) is 6.29. The molecule has 0 unspecified atom stereocenters. The zero-order chi connectivity index (χ0) is 30.9. The van der Waals surface area contributed by atoms with Crippen molar-refractivity contribution in [1.29, 1.82) is 0 Å². The van der Waals surface area contributed by atoms with Gasteiger partial charge in [0, 0.05) is 19.5 Å². The first kappa shape index (κ1) is 32.7. The molecule has 0 amide bonds. The van der Waals surface area contributed by atoms with Crippen LogP contribution in [0.15, 0.2) is 54.7 Å². The molecule has 0 fully saturated rings. The summed E-state index contributed by atoms with van der Waals surface area (Å²) >= 11 is 0. The van der Waals surface area contributed by atoms with Gasteiger partial charge in [-0.3, -0.25) is 4.79 Å². The van der Waals surface area contributed by atoms with E-state index >= 15 is 0 Å². The van der Waals surface area contributed by atoms with Gasteiger partial charge >= 0.3 is 11.9 Å². The Bertz CT molecular complexity index is 1370. The lowest BCUT2D eigenvalue weighted by atomic mass is 10.0. The molecular formula is C32H42N2O7Si. The zero-order valence-corrected chi connectivity index (χ0v) is 26.9. The van der Waals surface area contributed by atoms with Crippen LogP contribution < -0.4 is 9.47 Å². The molecule has 0 saturated carbocycles. The number of hydrogen-bond acceptors (Lipinski definition) is 9. The van der Waals surface area contributed by atoms with Gasteiger partial charge in [-0.25, -0.2) is 14.8 Å². The molecule has 0 aliphatic heterocycles. The normalized spacial score (nSPS) is 12.4. The average molecular weight is 595 g/mol. The average Bonchev–Trinajstić information content (AvgIpc) is 2.94. The summed E-state index contributed by atoms with van der Waals surface area (Å²) in [5, 5.41) is 0.0589. The number of ether oxygens (including phenoxy) is 4. The van der Waals surface area contributed by atoms with Crippen molar-refractivity contribution >= 4 is 20.3 Å². The van der Waals surface area contributed by atoms with Gasteiger partial charge in [-0.05, 0) is 66.5 Å². The number of nitrogens with zero attached hydrogens (tertiary/aromatic N) is 2. The molecule has 9 nitrogen and oxygen atoms in total. The Morgan fingerprint density at radius 3 is 2.40 bits per heavy atom. The van der Waals surface area contributed by atoms with Crippen LogP contribution in [0.4, 0.5) is 0 Å². The smallest absolute Gasteiger partial charge is 0.347 e. The summed E-state index contributed by atoms with van der Waals surface area (Å²) in [6.45, 7) is 14.7. The molecule has 3 aromatic rings. The molecule has 0 spiro atoms. The van der Waals surface area contributed by atoms with Crippen molar-refractivity contribution in [2.75, 3.05) is 13.7 Å². The minimum atomic E-state index is -2.00. The van der Waals surface area contributed by atoms with Crippen molar-refractivity contribution < 1.29 is 33.0 Å². The van der Waals surface area contributed by atoms with Crippen LogP contribution >= 0.6 is 0 Å². The number of para-hydroxylation sites is 1. The minimum Gasteiger partial charge on any atom is -0.496 e. The van der Waals surface area contributed by atoms with Crippen molar-refractivity contribution in [3.63, 3.8) is 0 Å². The second kappa shape index (κ2) is 14.4. The number of hydrogen-bond donors (Lipinski definition) is 0. The highest BCUT2D eigenvalue weighted by Crippen LogP contribution is 2.37. The van der Waals surface area contributed by atoms with E-state index in [2.05, 4.69) is 43.8 Å². The first-order valence-corrected chi connectivity index (χ1v) is 16.9. The van der Waals surface area contributed by atoms with Crippen LogP contribution in [-0.4, -0.2) is 50.0 Å². The number of rotatable bonds is 13. The largest absolute Gasteiger partial charge is 0.496 e. The molecule has 1 atom stereocenters. The standard InChI is InChI=1S/C32H42N2O7Si/c1-9-38-31(36)29(41-22(2)35)19-24-18-23(20-40-42(7,8)32(3,4)5)14-15-27(24)39-21-25-16-17-33-30(34-25)26-12-10-11-13-28(26)37-6/h10-18,29H,9,19-21H2,1-8H3/t29-/m1/s1. The van der Waals surface area contributed by atoms with Crippen molar-refractivity contribution in [3.05, 3.63) is 71.5 Å². The van der Waals surface area contributed by atoms with E-state index in [0.29, 0.717) is 35.2 Å². The number of methoxy groups -OCH3 is 1. The summed E-state index contributed by atoms with van der Waals surface area (Å²) in [6.07, 6.45) is 0.642. The Morgan fingerprint density at radius 2 is 1.74 bits per heavy atom. The van der Waals surface area contributed by atoms with Gasteiger partial charge in [-0.2, -0.15) is 0 Å². The zero-order valence-electron chi connectivity index (χ0n) is 25.9. The highest BCUT2D eigenvalue weighted by molar-refractivity contribution is 6.74. The topological polar surface area (TPSA) is 106 Å². The van der Waals surface area contributed by atoms with Gasteiger partial charge in [0.1, 0.15) is 18.1 Å². The summed E-state index contributed by atoms with van der Waals surface area (Å²) < 4.78 is 28.6. The van der Waals surface area contributed by atoms with Crippen LogP contribution in [0.2, 0.25) is 18.1 Å². The number of benzene rings is 2. The van der Waals surface area contributed by atoms with Gasteiger partial charge in [-0.1, -0.05) is 39.0 Å². The van der Waals surface area contributed by atoms with Gasteiger partial charge in [0.25, 0.3) is 0 Å². The van der Waals surface area contributed by atoms with Crippen molar-refractivity contribution in [2.24, 2.45) is 0 Å². The summed E-state index contributed by atoms with van der Waals surface area (Å²) in [7, 11) is -0.394. The second-order valence-electron chi connectivity index (χ2n) is 11.4. The van der Waals surface area contributed by atoms with Gasteiger partial charge in [0.2, 0.25) is 6.10 Å². The van der Waals surface area contributed by atoms with Gasteiger partial charge in [0.05, 0.1) is 31.6 Å². The first-order chi connectivity index (χ1) is 19.8. The van der Waals surface area contributed by atoms with E-state index in [4.69, 9.17) is 23.4 Å². The maximum atomic E-state index is 12.7. The highest BCUT2D eigenvalue weighted by atomic mass is 28.4. The lowest BCUT2D eigenvalue weighted by Gasteiger charge is -2.36. The highest BCUT2D eigenvalue weighted by Gasteiger charge is 2.37. The number of carbonyl (C=O) groups excluding carboxylic acids is 2. The Balaban J connectivity index is 1.90. The summed E-state index contributed by atoms with van der Waals surface area (Å²) in [6, 6.07) is 15.0. The second-order valence-corrected chi connectivity index (χ2v) is 16.2. The van der Waals surface area contributed by atoms with E-state index in [0.717, 1.165) is 11.1 Å². The van der Waals surface area contributed by atoms with E-state index in [1.54, 1.807) is 26.3 Å². The Hall–Kier alpha value is -3.76. The molecule has 0 radical (unpaired) electrons. The molecule has 10 heteroatoms. The van der Waals surface area contributed by atoms with Crippen LogP contribution in [0.1, 0.15) is 51.4 Å². The molecule has 42 heavy (non-hydrogen) atoms. The molecule has 2 aromatic carbocycles. The van der Waals surface area contributed by atoms with Gasteiger partial charge < -0.3 is 23.4 Å². The fourth-order valence-electron chi connectivity index (χ4n) is 3.90. The molecule has 0 aliphatic rings. The van der Waals surface area contributed by atoms with E-state index in [1.807, 2.05) is 42.5 Å². The third-order valence-corrected chi connectivity index (χ3v) is 11.7. The Labute approximate surface area is 249 Å². The number of esters is 2. The maximum absolute atomic E-state index is 12.7. The molecule has 3 rings (SSSR count). The first-order valence-electron chi connectivity index (χ1n) is 14.0. The molecule has 1 aromatic heterocycles. The van der Waals surface area contributed by atoms with Crippen molar-refractivity contribution in [2.45, 2.75) is 78.5 Å². The van der Waals surface area contributed by atoms with Gasteiger partial charge in [0.15, 0.2) is 14.1 Å². The summed E-state index contributed by atoms with van der Waals surface area (Å²) in [5.74, 6) is 0.537. The third-order valence-electron chi connectivity index (χ3n) is 7.23. The Kier molecular flexibility index (Phi) is 11.2. The molecule has 0 N–H and O–H groups in total. The molecule has 1 heterocycles.